The van der Waals surface area contributed by atoms with Crippen LogP contribution < -0.4 is 14.5 Å². The number of anilines is 4. The Kier molecular flexibility index (Phi) is 10.2. The molecule has 2 aromatic heterocycles. The van der Waals surface area contributed by atoms with E-state index in [0.29, 0.717) is 6.67 Å². The van der Waals surface area contributed by atoms with E-state index >= 15 is 0 Å². The highest BCUT2D eigenvalue weighted by Crippen LogP contribution is 2.53. The Bertz CT molecular complexity index is 3740. The summed E-state index contributed by atoms with van der Waals surface area (Å²) in [4.78, 5) is 10.6. The van der Waals surface area contributed by atoms with Crippen molar-refractivity contribution in [2.45, 2.75) is 78.6 Å². The van der Waals surface area contributed by atoms with Gasteiger partial charge < -0.3 is 14.5 Å². The summed E-state index contributed by atoms with van der Waals surface area (Å²) in [7, 11) is 0. The Morgan fingerprint density at radius 1 is 0.408 bits per heavy atom. The predicted octanol–water partition coefficient (Wildman–Crippen LogP) is 18.1. The minimum absolute atomic E-state index is 0.0345. The lowest BCUT2D eigenvalue weighted by Crippen LogP contribution is -2.25. The molecule has 5 heteroatoms. The summed E-state index contributed by atoms with van der Waals surface area (Å²) in [5, 5.41) is 2.32. The minimum atomic E-state index is -0.150. The average Bonchev–Trinajstić information content (AvgIpc) is 3.91. The van der Waals surface area contributed by atoms with E-state index in [1.807, 2.05) is 0 Å². The van der Waals surface area contributed by atoms with Crippen LogP contribution in [-0.2, 0) is 16.2 Å². The van der Waals surface area contributed by atoms with Gasteiger partial charge in [0.25, 0.3) is 0 Å². The number of rotatable bonds is 1. The van der Waals surface area contributed by atoms with E-state index in [0.717, 1.165) is 67.6 Å². The van der Waals surface area contributed by atoms with Gasteiger partial charge >= 0.3 is 0 Å². The lowest BCUT2D eigenvalue weighted by atomic mass is 9.80. The molecule has 10 bridgehead atoms. The van der Waals surface area contributed by atoms with E-state index in [9.17, 15) is 0 Å². The molecule has 0 fully saturated rings. The molecule has 0 amide bonds. The highest BCUT2D eigenvalue weighted by molar-refractivity contribution is 6.09. The molecule has 350 valence electrons. The topological polar surface area (TPSA) is 33.5 Å². The largest absolute Gasteiger partial charge is 0.457 e. The summed E-state index contributed by atoms with van der Waals surface area (Å²) in [6.07, 6.45) is 0. The van der Waals surface area contributed by atoms with Crippen LogP contribution in [0.2, 0.25) is 0 Å². The van der Waals surface area contributed by atoms with Gasteiger partial charge in [-0.1, -0.05) is 165 Å². The Morgan fingerprint density at radius 2 is 1.01 bits per heavy atom. The van der Waals surface area contributed by atoms with Crippen molar-refractivity contribution in [1.29, 1.82) is 0 Å². The second-order valence-electron chi connectivity index (χ2n) is 22.6. The van der Waals surface area contributed by atoms with Crippen molar-refractivity contribution in [3.63, 3.8) is 0 Å². The first-order chi connectivity index (χ1) is 34.1. The highest BCUT2D eigenvalue weighted by Gasteiger charge is 2.34. The summed E-state index contributed by atoms with van der Waals surface area (Å²) in [6, 6.07) is 69.3. The third kappa shape index (κ3) is 7.76. The molecule has 2 aliphatic rings. The van der Waals surface area contributed by atoms with Gasteiger partial charge in [0.2, 0.25) is 0 Å². The first-order valence-electron chi connectivity index (χ1n) is 25.0. The van der Waals surface area contributed by atoms with Gasteiger partial charge in [-0.3, -0.25) is 4.57 Å². The summed E-state index contributed by atoms with van der Waals surface area (Å²) in [5.41, 5.74) is 19.2. The van der Waals surface area contributed by atoms with Crippen LogP contribution in [0.25, 0.3) is 72.3 Å². The molecule has 0 N–H and O–H groups in total. The zero-order valence-electron chi connectivity index (χ0n) is 42.3. The predicted molar refractivity (Wildman–Crippen MR) is 299 cm³/mol. The number of pyridine rings is 1. The zero-order chi connectivity index (χ0) is 49.0. The molecular weight excluding hydrogens is 865 g/mol. The molecule has 0 unspecified atom stereocenters. The van der Waals surface area contributed by atoms with E-state index in [-0.39, 0.29) is 16.2 Å². The SMILES string of the molecule is CC(C)(C)c1cccc(-c2cc(C(C)(C)C)cc3c2N2CN(c4cccc(c4)Oc4ccc5c6ccccc6n(c5c4)-c4cc(C(C)(C)C)cc(n4)-c4cccc(c4)-c4ccccc4-3)c3ccccc32)c1. The number of aromatic nitrogens is 2. The fourth-order valence-electron chi connectivity index (χ4n) is 10.7. The van der Waals surface area contributed by atoms with Gasteiger partial charge in [-0.25, -0.2) is 4.98 Å². The van der Waals surface area contributed by atoms with Crippen LogP contribution >= 0.6 is 0 Å². The van der Waals surface area contributed by atoms with E-state index in [1.54, 1.807) is 0 Å². The molecule has 0 spiro atoms. The molecule has 0 saturated heterocycles. The molecule has 5 nitrogen and oxygen atoms in total. The van der Waals surface area contributed by atoms with Gasteiger partial charge in [0, 0.05) is 45.3 Å². The highest BCUT2D eigenvalue weighted by atomic mass is 16.5. The molecule has 0 radical (unpaired) electrons. The van der Waals surface area contributed by atoms with Crippen LogP contribution in [0.5, 0.6) is 11.5 Å². The van der Waals surface area contributed by atoms with Crippen LogP contribution in [0.3, 0.4) is 0 Å². The Balaban J connectivity index is 1.18. The van der Waals surface area contributed by atoms with Crippen molar-refractivity contribution in [3.05, 3.63) is 205 Å². The minimum Gasteiger partial charge on any atom is -0.457 e. The first-order valence-corrected chi connectivity index (χ1v) is 25.0. The Hall–Kier alpha value is -7.89. The van der Waals surface area contributed by atoms with Crippen molar-refractivity contribution < 1.29 is 4.74 Å². The summed E-state index contributed by atoms with van der Waals surface area (Å²) >= 11 is 0. The number of hydrogen-bond acceptors (Lipinski definition) is 4. The van der Waals surface area contributed by atoms with Crippen molar-refractivity contribution in [2.75, 3.05) is 16.5 Å². The smallest absolute Gasteiger partial charge is 0.138 e. The van der Waals surface area contributed by atoms with Gasteiger partial charge in [-0.15, -0.1) is 0 Å². The number of nitrogens with zero attached hydrogens (tertiary/aromatic N) is 4. The molecule has 0 aliphatic carbocycles. The molecule has 8 aromatic carbocycles. The van der Waals surface area contributed by atoms with Gasteiger partial charge in [0.15, 0.2) is 0 Å². The maximum Gasteiger partial charge on any atom is 0.138 e. The summed E-state index contributed by atoms with van der Waals surface area (Å²) in [6.45, 7) is 21.4. The van der Waals surface area contributed by atoms with E-state index in [4.69, 9.17) is 9.72 Å². The third-order valence-corrected chi connectivity index (χ3v) is 14.6. The number of fused-ring (bicyclic) bond motifs is 23. The van der Waals surface area contributed by atoms with Crippen LogP contribution in [-0.4, -0.2) is 16.2 Å². The van der Waals surface area contributed by atoms with Gasteiger partial charge in [-0.2, -0.15) is 0 Å². The molecular formula is C66H60N4O. The Labute approximate surface area is 418 Å². The zero-order valence-corrected chi connectivity index (χ0v) is 42.3. The summed E-state index contributed by atoms with van der Waals surface area (Å²) < 4.78 is 9.24. The first kappa shape index (κ1) is 44.3. The monoisotopic (exact) mass is 924 g/mol. The molecule has 4 heterocycles. The number of benzene rings is 8. The average molecular weight is 925 g/mol. The maximum atomic E-state index is 6.91. The quantitative estimate of drug-likeness (QED) is 0.164. The lowest BCUT2D eigenvalue weighted by Gasteiger charge is -2.31. The normalized spacial score (nSPS) is 13.4. The van der Waals surface area contributed by atoms with Crippen LogP contribution in [0.1, 0.15) is 79.0 Å². The second-order valence-corrected chi connectivity index (χ2v) is 22.6. The van der Waals surface area contributed by atoms with Crippen LogP contribution in [0.4, 0.5) is 22.7 Å². The third-order valence-electron chi connectivity index (χ3n) is 14.6. The van der Waals surface area contributed by atoms with Crippen LogP contribution in [0.15, 0.2) is 188 Å². The fourth-order valence-corrected chi connectivity index (χ4v) is 10.7. The lowest BCUT2D eigenvalue weighted by molar-refractivity contribution is 0.483. The van der Waals surface area contributed by atoms with Crippen LogP contribution in [0, 0.1) is 0 Å². The number of hydrogen-bond donors (Lipinski definition) is 0. The molecule has 71 heavy (non-hydrogen) atoms. The van der Waals surface area contributed by atoms with E-state index < -0.39 is 0 Å². The fraction of sp³-hybridized carbons (Fsp3) is 0.197. The maximum absolute atomic E-state index is 6.91. The Morgan fingerprint density at radius 3 is 1.79 bits per heavy atom. The van der Waals surface area contributed by atoms with Gasteiger partial charge in [0.05, 0.1) is 33.8 Å². The summed E-state index contributed by atoms with van der Waals surface area (Å²) in [5.74, 6) is 2.40. The number of para-hydroxylation sites is 3. The number of ether oxygens (including phenoxy) is 1. The van der Waals surface area contributed by atoms with E-state index in [1.165, 1.54) is 55.6 Å². The van der Waals surface area contributed by atoms with Crippen molar-refractivity contribution in [2.24, 2.45) is 0 Å². The standard InChI is InChI=1S/C66H60N4O/c1-64(2,3)45-22-17-20-43(34-45)55-35-46(65(4,5)6)36-56-52-26-11-10-25-51(52)42-19-16-21-44(33-42)57-37-47(66(7,8)9)38-62(67-57)70-58-28-13-12-27-53(58)54-32-31-50(40-61(54)70)71-49-24-18-23-48(39-49)68-41-69(63(55)56)60-30-15-14-29-59(60)68/h10-40H,41H2,1-9H3. The van der Waals surface area contributed by atoms with Crippen molar-refractivity contribution in [1.82, 2.24) is 9.55 Å². The molecule has 12 rings (SSSR count). The van der Waals surface area contributed by atoms with E-state index in [2.05, 4.69) is 265 Å². The molecule has 10 aromatic rings. The molecule has 0 saturated carbocycles. The van der Waals surface area contributed by atoms with Gasteiger partial charge in [-0.05, 0) is 128 Å². The molecule has 0 atom stereocenters. The van der Waals surface area contributed by atoms with Crippen molar-refractivity contribution in [3.8, 4) is 62.0 Å². The molecule has 2 aliphatic heterocycles. The van der Waals surface area contributed by atoms with Crippen molar-refractivity contribution >= 4 is 44.6 Å². The second kappa shape index (κ2) is 16.3. The van der Waals surface area contributed by atoms with Gasteiger partial charge in [0.1, 0.15) is 24.0 Å².